The number of guanidine groups is 1. The first-order valence-corrected chi connectivity index (χ1v) is 9.86. The number of methoxy groups -OCH3 is 1. The van der Waals surface area contributed by atoms with Gasteiger partial charge in [-0.1, -0.05) is 26.0 Å². The average molecular weight is 359 g/mol. The Morgan fingerprint density at radius 1 is 1.27 bits per heavy atom. The number of ether oxygens (including phenoxy) is 1. The molecule has 2 aliphatic rings. The Morgan fingerprint density at radius 2 is 2.04 bits per heavy atom. The predicted molar refractivity (Wildman–Crippen MR) is 108 cm³/mol. The van der Waals surface area contributed by atoms with Gasteiger partial charge in [0.1, 0.15) is 5.75 Å². The summed E-state index contributed by atoms with van der Waals surface area (Å²) < 4.78 is 5.45. The maximum atomic E-state index is 5.45. The molecular formula is C21H34N4O. The van der Waals surface area contributed by atoms with Gasteiger partial charge in [-0.2, -0.15) is 0 Å². The first-order valence-electron chi connectivity index (χ1n) is 9.86. The van der Waals surface area contributed by atoms with Crippen molar-refractivity contribution in [3.63, 3.8) is 0 Å². The molecule has 5 heteroatoms. The van der Waals surface area contributed by atoms with Gasteiger partial charge in [0.25, 0.3) is 0 Å². The van der Waals surface area contributed by atoms with Crippen molar-refractivity contribution >= 4 is 5.96 Å². The Bertz CT molecular complexity index is 622. The molecule has 1 atom stereocenters. The van der Waals surface area contributed by atoms with Gasteiger partial charge in [-0.05, 0) is 55.5 Å². The van der Waals surface area contributed by atoms with Crippen molar-refractivity contribution in [2.24, 2.45) is 10.4 Å². The summed E-state index contributed by atoms with van der Waals surface area (Å²) in [6.45, 7) is 10.0. The lowest BCUT2D eigenvalue weighted by Gasteiger charge is -2.31. The molecule has 0 saturated carbocycles. The minimum Gasteiger partial charge on any atom is -0.497 e. The molecule has 0 amide bonds. The quantitative estimate of drug-likeness (QED) is 0.648. The predicted octanol–water partition coefficient (Wildman–Crippen LogP) is 3.14. The molecule has 1 N–H and O–H groups in total. The van der Waals surface area contributed by atoms with Crippen molar-refractivity contribution < 1.29 is 4.74 Å². The summed E-state index contributed by atoms with van der Waals surface area (Å²) in [6.07, 6.45) is 3.80. The standard InChI is InChI=1S/C21H34N4O/c1-21(2)10-13-25(16-21)20(22-3)23-15-19(24-11-5-6-12-24)17-8-7-9-18(14-17)26-4/h7-9,14,19H,5-6,10-13,15-16H2,1-4H3,(H,22,23). The van der Waals surface area contributed by atoms with Crippen molar-refractivity contribution in [3.05, 3.63) is 29.8 Å². The van der Waals surface area contributed by atoms with E-state index < -0.39 is 0 Å². The number of aliphatic imine (C=N–C) groups is 1. The van der Waals surface area contributed by atoms with Crippen LogP contribution in [0.3, 0.4) is 0 Å². The molecule has 26 heavy (non-hydrogen) atoms. The fourth-order valence-electron chi connectivity index (χ4n) is 4.17. The van der Waals surface area contributed by atoms with Gasteiger partial charge in [0.15, 0.2) is 5.96 Å². The molecule has 0 aromatic heterocycles. The zero-order valence-corrected chi connectivity index (χ0v) is 16.8. The molecule has 3 rings (SSSR count). The molecule has 1 aromatic carbocycles. The van der Waals surface area contributed by atoms with Gasteiger partial charge in [0, 0.05) is 26.7 Å². The van der Waals surface area contributed by atoms with E-state index in [9.17, 15) is 0 Å². The monoisotopic (exact) mass is 358 g/mol. The molecule has 1 unspecified atom stereocenters. The Kier molecular flexibility index (Phi) is 6.07. The maximum Gasteiger partial charge on any atom is 0.193 e. The maximum absolute atomic E-state index is 5.45. The van der Waals surface area contributed by atoms with Crippen LogP contribution in [0.25, 0.3) is 0 Å². The van der Waals surface area contributed by atoms with Crippen LogP contribution in [0.15, 0.2) is 29.3 Å². The van der Waals surface area contributed by atoms with E-state index in [0.29, 0.717) is 11.5 Å². The SMILES string of the molecule is CN=C(NCC(c1cccc(OC)c1)N1CCCC1)N1CCC(C)(C)C1. The van der Waals surface area contributed by atoms with Crippen molar-refractivity contribution in [2.45, 2.75) is 39.2 Å². The summed E-state index contributed by atoms with van der Waals surface area (Å²) in [4.78, 5) is 9.53. The van der Waals surface area contributed by atoms with Crippen LogP contribution in [-0.4, -0.2) is 62.6 Å². The van der Waals surface area contributed by atoms with Crippen molar-refractivity contribution in [2.75, 3.05) is 46.9 Å². The van der Waals surface area contributed by atoms with Gasteiger partial charge < -0.3 is 15.0 Å². The Morgan fingerprint density at radius 3 is 2.65 bits per heavy atom. The fraction of sp³-hybridized carbons (Fsp3) is 0.667. The van der Waals surface area contributed by atoms with Crippen LogP contribution in [-0.2, 0) is 0 Å². The summed E-state index contributed by atoms with van der Waals surface area (Å²) in [5.41, 5.74) is 1.69. The summed E-state index contributed by atoms with van der Waals surface area (Å²) >= 11 is 0. The Labute approximate surface area is 158 Å². The van der Waals surface area contributed by atoms with Gasteiger partial charge in [-0.15, -0.1) is 0 Å². The zero-order valence-electron chi connectivity index (χ0n) is 16.8. The number of hydrogen-bond acceptors (Lipinski definition) is 3. The van der Waals surface area contributed by atoms with Gasteiger partial charge in [-0.25, -0.2) is 0 Å². The normalized spacial score (nSPS) is 21.8. The minimum atomic E-state index is 0.347. The lowest BCUT2D eigenvalue weighted by molar-refractivity contribution is 0.243. The third kappa shape index (κ3) is 4.50. The first kappa shape index (κ1) is 19.0. The second-order valence-corrected chi connectivity index (χ2v) is 8.30. The van der Waals surface area contributed by atoms with Crippen LogP contribution in [0.1, 0.15) is 44.7 Å². The van der Waals surface area contributed by atoms with Crippen molar-refractivity contribution in [3.8, 4) is 5.75 Å². The summed E-state index contributed by atoms with van der Waals surface area (Å²) in [5.74, 6) is 1.96. The number of likely N-dealkylation sites (tertiary alicyclic amines) is 2. The van der Waals surface area contributed by atoms with Crippen LogP contribution in [0, 0.1) is 5.41 Å². The van der Waals surface area contributed by atoms with Crippen molar-refractivity contribution in [1.82, 2.24) is 15.1 Å². The lowest BCUT2D eigenvalue weighted by Crippen LogP contribution is -2.44. The van der Waals surface area contributed by atoms with Crippen LogP contribution in [0.2, 0.25) is 0 Å². The van der Waals surface area contributed by atoms with E-state index in [0.717, 1.165) is 31.3 Å². The number of hydrogen-bond donors (Lipinski definition) is 1. The molecule has 2 heterocycles. The summed E-state index contributed by atoms with van der Waals surface area (Å²) in [5, 5.41) is 3.66. The molecule has 0 spiro atoms. The van der Waals surface area contributed by atoms with Crippen LogP contribution in [0.4, 0.5) is 0 Å². The molecule has 2 saturated heterocycles. The fourth-order valence-corrected chi connectivity index (χ4v) is 4.17. The largest absolute Gasteiger partial charge is 0.497 e. The highest BCUT2D eigenvalue weighted by molar-refractivity contribution is 5.80. The lowest BCUT2D eigenvalue weighted by atomic mass is 9.93. The second-order valence-electron chi connectivity index (χ2n) is 8.30. The molecule has 0 bridgehead atoms. The van der Waals surface area contributed by atoms with E-state index in [-0.39, 0.29) is 0 Å². The van der Waals surface area contributed by atoms with Gasteiger partial charge in [0.2, 0.25) is 0 Å². The molecule has 2 aliphatic heterocycles. The zero-order chi connectivity index (χ0) is 18.6. The molecule has 144 valence electrons. The molecular weight excluding hydrogens is 324 g/mol. The third-order valence-corrected chi connectivity index (χ3v) is 5.70. The molecule has 2 fully saturated rings. The highest BCUT2D eigenvalue weighted by atomic mass is 16.5. The van der Waals surface area contributed by atoms with E-state index in [2.05, 4.69) is 52.2 Å². The topological polar surface area (TPSA) is 40.1 Å². The summed E-state index contributed by atoms with van der Waals surface area (Å²) in [7, 11) is 3.63. The van der Waals surface area contributed by atoms with Gasteiger partial charge in [-0.3, -0.25) is 9.89 Å². The minimum absolute atomic E-state index is 0.347. The van der Waals surface area contributed by atoms with Crippen LogP contribution < -0.4 is 10.1 Å². The molecule has 5 nitrogen and oxygen atoms in total. The van der Waals surface area contributed by atoms with E-state index in [1.54, 1.807) is 7.11 Å². The van der Waals surface area contributed by atoms with Gasteiger partial charge in [0.05, 0.1) is 13.2 Å². The van der Waals surface area contributed by atoms with Crippen LogP contribution >= 0.6 is 0 Å². The van der Waals surface area contributed by atoms with E-state index in [1.807, 2.05) is 13.1 Å². The third-order valence-electron chi connectivity index (χ3n) is 5.70. The van der Waals surface area contributed by atoms with Crippen molar-refractivity contribution in [1.29, 1.82) is 0 Å². The number of nitrogens with zero attached hydrogens (tertiary/aromatic N) is 3. The number of rotatable bonds is 5. The van der Waals surface area contributed by atoms with Gasteiger partial charge >= 0.3 is 0 Å². The second kappa shape index (κ2) is 8.30. The Balaban J connectivity index is 1.71. The van der Waals surface area contributed by atoms with Crippen LogP contribution in [0.5, 0.6) is 5.75 Å². The molecule has 0 aliphatic carbocycles. The average Bonchev–Trinajstić information content (AvgIpc) is 3.28. The van der Waals surface area contributed by atoms with E-state index in [1.165, 1.54) is 37.9 Å². The first-order chi connectivity index (χ1) is 12.5. The van der Waals surface area contributed by atoms with E-state index >= 15 is 0 Å². The smallest absolute Gasteiger partial charge is 0.193 e. The molecule has 1 aromatic rings. The summed E-state index contributed by atoms with van der Waals surface area (Å²) in [6, 6.07) is 8.85. The Hall–Kier alpha value is -1.75. The van der Waals surface area contributed by atoms with E-state index in [4.69, 9.17) is 4.74 Å². The number of benzene rings is 1. The molecule has 0 radical (unpaired) electrons. The number of nitrogens with one attached hydrogen (secondary N) is 1. The highest BCUT2D eigenvalue weighted by Gasteiger charge is 2.31. The highest BCUT2D eigenvalue weighted by Crippen LogP contribution is 2.30.